The smallest absolute Gasteiger partial charge is 0.258 e. The van der Waals surface area contributed by atoms with E-state index in [0.717, 1.165) is 12.1 Å². The summed E-state index contributed by atoms with van der Waals surface area (Å²) >= 11 is 0. The summed E-state index contributed by atoms with van der Waals surface area (Å²) in [6.07, 6.45) is 3.97. The zero-order chi connectivity index (χ0) is 14.5. The highest BCUT2D eigenvalue weighted by atomic mass is 32.2. The summed E-state index contributed by atoms with van der Waals surface area (Å²) in [5.74, 6) is -0.862. The van der Waals surface area contributed by atoms with E-state index >= 15 is 0 Å². The van der Waals surface area contributed by atoms with E-state index in [1.54, 1.807) is 19.1 Å². The van der Waals surface area contributed by atoms with Crippen molar-refractivity contribution in [3.05, 3.63) is 46.3 Å². The van der Waals surface area contributed by atoms with Gasteiger partial charge in [-0.1, -0.05) is 12.2 Å². The maximum absolute atomic E-state index is 12.9. The Labute approximate surface area is 110 Å². The van der Waals surface area contributed by atoms with Crippen LogP contribution in [0.3, 0.4) is 0 Å². The normalized spacial score (nSPS) is 11.9. The standard InChI is InChI=1S/C11H13FN2O4S/c1-2-3-4-7-13-19(17,18)11-6-5-9(12)8-10(11)14(15)16/h2-3,5-6,8,13H,4,7H2,1H3/b3-2+. The van der Waals surface area contributed by atoms with Crippen LogP contribution in [-0.2, 0) is 10.0 Å². The van der Waals surface area contributed by atoms with E-state index in [1.807, 2.05) is 0 Å². The van der Waals surface area contributed by atoms with Crippen LogP contribution in [0.1, 0.15) is 13.3 Å². The first kappa shape index (κ1) is 15.3. The van der Waals surface area contributed by atoms with Crippen molar-refractivity contribution in [2.45, 2.75) is 18.2 Å². The number of nitrogens with zero attached hydrogens (tertiary/aromatic N) is 1. The SMILES string of the molecule is C/C=C/CCNS(=O)(=O)c1ccc(F)cc1[N+](=O)[O-]. The molecule has 0 radical (unpaired) electrons. The van der Waals surface area contributed by atoms with E-state index in [2.05, 4.69) is 4.72 Å². The molecule has 6 nitrogen and oxygen atoms in total. The molecule has 0 spiro atoms. The van der Waals surface area contributed by atoms with Gasteiger partial charge in [0.25, 0.3) is 5.69 Å². The fraction of sp³-hybridized carbons (Fsp3) is 0.273. The molecule has 19 heavy (non-hydrogen) atoms. The molecule has 0 aliphatic rings. The van der Waals surface area contributed by atoms with Crippen LogP contribution < -0.4 is 4.72 Å². The number of allylic oxidation sites excluding steroid dienone is 1. The molecular formula is C11H13FN2O4S. The number of hydrogen-bond acceptors (Lipinski definition) is 4. The van der Waals surface area contributed by atoms with E-state index in [4.69, 9.17) is 0 Å². The van der Waals surface area contributed by atoms with Crippen LogP contribution >= 0.6 is 0 Å². The lowest BCUT2D eigenvalue weighted by atomic mass is 10.3. The Morgan fingerprint density at radius 2 is 2.16 bits per heavy atom. The van der Waals surface area contributed by atoms with E-state index < -0.39 is 31.3 Å². The molecule has 104 valence electrons. The van der Waals surface area contributed by atoms with Gasteiger partial charge in [0.05, 0.1) is 11.0 Å². The third kappa shape index (κ3) is 4.11. The predicted molar refractivity (Wildman–Crippen MR) is 67.7 cm³/mol. The first-order valence-electron chi connectivity index (χ1n) is 5.43. The van der Waals surface area contributed by atoms with Crippen molar-refractivity contribution >= 4 is 15.7 Å². The zero-order valence-electron chi connectivity index (χ0n) is 10.2. The second-order valence-electron chi connectivity index (χ2n) is 3.62. The second kappa shape index (κ2) is 6.39. The average Bonchev–Trinajstić information content (AvgIpc) is 2.34. The molecule has 0 atom stereocenters. The number of nitrogens with one attached hydrogen (secondary N) is 1. The summed E-state index contributed by atoms with van der Waals surface area (Å²) in [4.78, 5) is 9.26. The quantitative estimate of drug-likeness (QED) is 0.375. The maximum atomic E-state index is 12.9. The second-order valence-corrected chi connectivity index (χ2v) is 5.36. The molecule has 0 aliphatic carbocycles. The van der Waals surface area contributed by atoms with Crippen LogP contribution in [0.2, 0.25) is 0 Å². The van der Waals surface area contributed by atoms with E-state index in [9.17, 15) is 22.9 Å². The van der Waals surface area contributed by atoms with Gasteiger partial charge in [-0.15, -0.1) is 0 Å². The van der Waals surface area contributed by atoms with Gasteiger partial charge in [-0.25, -0.2) is 17.5 Å². The highest BCUT2D eigenvalue weighted by Crippen LogP contribution is 2.24. The van der Waals surface area contributed by atoms with Gasteiger partial charge >= 0.3 is 0 Å². The van der Waals surface area contributed by atoms with Gasteiger partial charge in [-0.05, 0) is 25.5 Å². The van der Waals surface area contributed by atoms with Gasteiger partial charge in [0, 0.05) is 6.54 Å². The van der Waals surface area contributed by atoms with Crippen molar-refractivity contribution in [3.8, 4) is 0 Å². The fourth-order valence-electron chi connectivity index (χ4n) is 1.38. The largest absolute Gasteiger partial charge is 0.292 e. The molecule has 0 aliphatic heterocycles. The highest BCUT2D eigenvalue weighted by Gasteiger charge is 2.25. The molecule has 0 heterocycles. The first-order valence-corrected chi connectivity index (χ1v) is 6.91. The molecule has 0 fully saturated rings. The molecule has 1 N–H and O–H groups in total. The third-order valence-corrected chi connectivity index (χ3v) is 3.75. The monoisotopic (exact) mass is 288 g/mol. The van der Waals surface area contributed by atoms with Crippen LogP contribution in [0.25, 0.3) is 0 Å². The molecule has 0 saturated heterocycles. The highest BCUT2D eigenvalue weighted by molar-refractivity contribution is 7.89. The van der Waals surface area contributed by atoms with Crippen molar-refractivity contribution in [2.24, 2.45) is 0 Å². The summed E-state index contributed by atoms with van der Waals surface area (Å²) in [5.41, 5.74) is -0.779. The van der Waals surface area contributed by atoms with Crippen LogP contribution in [-0.4, -0.2) is 19.9 Å². The molecule has 0 saturated carbocycles. The Bertz CT molecular complexity index is 599. The molecule has 1 rings (SSSR count). The van der Waals surface area contributed by atoms with E-state index in [0.29, 0.717) is 12.5 Å². The van der Waals surface area contributed by atoms with Crippen LogP contribution in [0.15, 0.2) is 35.2 Å². The minimum absolute atomic E-state index is 0.112. The van der Waals surface area contributed by atoms with Gasteiger partial charge < -0.3 is 0 Å². The van der Waals surface area contributed by atoms with Crippen molar-refractivity contribution in [3.63, 3.8) is 0 Å². The van der Waals surface area contributed by atoms with E-state index in [-0.39, 0.29) is 6.54 Å². The zero-order valence-corrected chi connectivity index (χ0v) is 11.0. The minimum Gasteiger partial charge on any atom is -0.258 e. The summed E-state index contributed by atoms with van der Waals surface area (Å²) < 4.78 is 38.9. The number of sulfonamides is 1. The Morgan fingerprint density at radius 1 is 1.47 bits per heavy atom. The molecule has 0 aromatic heterocycles. The number of nitro benzene ring substituents is 1. The minimum atomic E-state index is -4.03. The van der Waals surface area contributed by atoms with Crippen molar-refractivity contribution in [1.29, 1.82) is 0 Å². The van der Waals surface area contributed by atoms with Gasteiger partial charge in [0.2, 0.25) is 10.0 Å². The van der Waals surface area contributed by atoms with Gasteiger partial charge in [-0.3, -0.25) is 10.1 Å². The van der Waals surface area contributed by atoms with Crippen molar-refractivity contribution in [1.82, 2.24) is 4.72 Å². The first-order chi connectivity index (χ1) is 8.88. The molecule has 8 heteroatoms. The number of halogens is 1. The number of benzene rings is 1. The van der Waals surface area contributed by atoms with Crippen molar-refractivity contribution < 1.29 is 17.7 Å². The average molecular weight is 288 g/mol. The Kier molecular flexibility index (Phi) is 5.13. The van der Waals surface area contributed by atoms with E-state index in [1.165, 1.54) is 0 Å². The Hall–Kier alpha value is -1.80. The van der Waals surface area contributed by atoms with Crippen LogP contribution in [0.5, 0.6) is 0 Å². The molecule has 0 unspecified atom stereocenters. The van der Waals surface area contributed by atoms with Gasteiger partial charge in [0.1, 0.15) is 5.82 Å². The predicted octanol–water partition coefficient (Wildman–Crippen LogP) is 1.98. The summed E-state index contributed by atoms with van der Waals surface area (Å²) in [6, 6.07) is 2.33. The summed E-state index contributed by atoms with van der Waals surface area (Å²) in [6.45, 7) is 1.90. The lowest BCUT2D eigenvalue weighted by Crippen LogP contribution is -2.25. The molecule has 0 bridgehead atoms. The number of rotatable bonds is 6. The van der Waals surface area contributed by atoms with Gasteiger partial charge in [-0.2, -0.15) is 0 Å². The summed E-state index contributed by atoms with van der Waals surface area (Å²) in [5, 5.41) is 10.7. The molecular weight excluding hydrogens is 275 g/mol. The lowest BCUT2D eigenvalue weighted by Gasteiger charge is -2.06. The molecule has 1 aromatic rings. The van der Waals surface area contributed by atoms with Crippen LogP contribution in [0, 0.1) is 15.9 Å². The molecule has 1 aromatic carbocycles. The fourth-order valence-corrected chi connectivity index (χ4v) is 2.58. The van der Waals surface area contributed by atoms with Gasteiger partial charge in [0.15, 0.2) is 4.90 Å². The van der Waals surface area contributed by atoms with Crippen LogP contribution in [0.4, 0.5) is 10.1 Å². The maximum Gasteiger partial charge on any atom is 0.292 e. The Morgan fingerprint density at radius 3 is 2.74 bits per heavy atom. The Balaban J connectivity index is 3.04. The third-order valence-electron chi connectivity index (χ3n) is 2.25. The topological polar surface area (TPSA) is 89.3 Å². The number of nitro groups is 1. The lowest BCUT2D eigenvalue weighted by molar-refractivity contribution is -0.388. The van der Waals surface area contributed by atoms with Crippen molar-refractivity contribution in [2.75, 3.05) is 6.54 Å². The molecule has 0 amide bonds. The summed E-state index contributed by atoms with van der Waals surface area (Å²) in [7, 11) is -4.03. The number of hydrogen-bond donors (Lipinski definition) is 1.